The van der Waals surface area contributed by atoms with Crippen molar-refractivity contribution in [3.63, 3.8) is 0 Å². The van der Waals surface area contributed by atoms with Gasteiger partial charge in [-0.3, -0.25) is 0 Å². The van der Waals surface area contributed by atoms with E-state index >= 15 is 0 Å². The van der Waals surface area contributed by atoms with Gasteiger partial charge in [0.25, 0.3) is 0 Å². The van der Waals surface area contributed by atoms with Gasteiger partial charge in [-0.25, -0.2) is 0 Å². The topological polar surface area (TPSA) is 0 Å². The van der Waals surface area contributed by atoms with Crippen LogP contribution in [0.3, 0.4) is 0 Å². The van der Waals surface area contributed by atoms with E-state index in [-0.39, 0.29) is 0 Å². The number of alkyl halides is 1. The van der Waals surface area contributed by atoms with Crippen LogP contribution in [0.5, 0.6) is 0 Å². The molecule has 0 bridgehead atoms. The van der Waals surface area contributed by atoms with Gasteiger partial charge in [0.2, 0.25) is 0 Å². The summed E-state index contributed by atoms with van der Waals surface area (Å²) in [5, 5.41) is 1.03. The zero-order chi connectivity index (χ0) is 11.9. The molecule has 17 heavy (non-hydrogen) atoms. The van der Waals surface area contributed by atoms with Crippen molar-refractivity contribution in [2.45, 2.75) is 18.8 Å². The maximum Gasteiger partial charge on any atom is 0.0100 e. The van der Waals surface area contributed by atoms with Gasteiger partial charge in [-0.1, -0.05) is 76.6 Å². The highest BCUT2D eigenvalue weighted by Crippen LogP contribution is 2.23. The predicted molar refractivity (Wildman–Crippen MR) is 77.7 cm³/mol. The number of benzene rings is 2. The Balaban J connectivity index is 1.97. The molecule has 0 aliphatic rings. The van der Waals surface area contributed by atoms with E-state index in [0.29, 0.717) is 5.92 Å². The number of hydrogen-bond donors (Lipinski definition) is 0. The molecule has 0 amide bonds. The van der Waals surface area contributed by atoms with Crippen LogP contribution in [0.25, 0.3) is 0 Å². The summed E-state index contributed by atoms with van der Waals surface area (Å²) in [5.41, 5.74) is 2.86. The molecule has 2 rings (SSSR count). The van der Waals surface area contributed by atoms with E-state index in [2.05, 4.69) is 76.6 Å². The van der Waals surface area contributed by atoms with Crippen molar-refractivity contribution in [1.82, 2.24) is 0 Å². The van der Waals surface area contributed by atoms with Crippen molar-refractivity contribution in [3.8, 4) is 0 Å². The highest BCUT2D eigenvalue weighted by Gasteiger charge is 2.09. The van der Waals surface area contributed by atoms with Crippen LogP contribution in [0.2, 0.25) is 0 Å². The smallest absolute Gasteiger partial charge is 0.0100 e. The van der Waals surface area contributed by atoms with Gasteiger partial charge < -0.3 is 0 Å². The first-order valence-corrected chi connectivity index (χ1v) is 7.17. The zero-order valence-corrected chi connectivity index (χ0v) is 11.4. The van der Waals surface area contributed by atoms with Crippen LogP contribution in [0.15, 0.2) is 60.7 Å². The number of rotatable bonds is 5. The maximum absolute atomic E-state index is 3.63. The fourth-order valence-electron chi connectivity index (χ4n) is 2.04. The molecule has 0 N–H and O–H groups in total. The second-order valence-corrected chi connectivity index (χ2v) is 4.93. The van der Waals surface area contributed by atoms with E-state index in [1.807, 2.05) is 0 Å². The fraction of sp³-hybridized carbons (Fsp3) is 0.250. The molecule has 88 valence electrons. The van der Waals surface area contributed by atoms with Gasteiger partial charge in [0.15, 0.2) is 0 Å². The molecule has 0 nitrogen and oxygen atoms in total. The Morgan fingerprint density at radius 3 is 2.00 bits per heavy atom. The molecule has 0 spiro atoms. The van der Waals surface area contributed by atoms with Crippen LogP contribution < -0.4 is 0 Å². The van der Waals surface area contributed by atoms with Gasteiger partial charge in [-0.15, -0.1) is 0 Å². The van der Waals surface area contributed by atoms with Crippen molar-refractivity contribution >= 4 is 15.9 Å². The summed E-state index contributed by atoms with van der Waals surface area (Å²) in [6.07, 6.45) is 2.34. The summed E-state index contributed by atoms with van der Waals surface area (Å²) in [6, 6.07) is 21.5. The van der Waals surface area contributed by atoms with Crippen molar-refractivity contribution in [2.75, 3.05) is 5.33 Å². The summed E-state index contributed by atoms with van der Waals surface area (Å²) < 4.78 is 0. The minimum absolute atomic E-state index is 0.608. The van der Waals surface area contributed by atoms with Crippen LogP contribution >= 0.6 is 15.9 Å². The Morgan fingerprint density at radius 1 is 0.824 bits per heavy atom. The van der Waals surface area contributed by atoms with Gasteiger partial charge in [-0.05, 0) is 29.9 Å². The summed E-state index contributed by atoms with van der Waals surface area (Å²) >= 11 is 3.63. The minimum Gasteiger partial charge on any atom is -0.0921 e. The SMILES string of the molecule is BrC[C@@H](CCc1ccccc1)c1ccccc1. The van der Waals surface area contributed by atoms with Crippen LogP contribution in [0.1, 0.15) is 23.5 Å². The first-order valence-electron chi connectivity index (χ1n) is 6.05. The van der Waals surface area contributed by atoms with E-state index < -0.39 is 0 Å². The molecule has 1 atom stereocenters. The van der Waals surface area contributed by atoms with E-state index in [9.17, 15) is 0 Å². The van der Waals surface area contributed by atoms with Crippen LogP contribution in [-0.2, 0) is 6.42 Å². The number of halogens is 1. The quantitative estimate of drug-likeness (QED) is 0.694. The molecular formula is C16H17Br. The largest absolute Gasteiger partial charge is 0.0921 e. The van der Waals surface area contributed by atoms with E-state index in [1.54, 1.807) is 0 Å². The molecule has 0 aliphatic carbocycles. The van der Waals surface area contributed by atoms with Crippen molar-refractivity contribution < 1.29 is 0 Å². The number of hydrogen-bond acceptors (Lipinski definition) is 0. The second-order valence-electron chi connectivity index (χ2n) is 4.29. The Hall–Kier alpha value is -1.08. The highest BCUT2D eigenvalue weighted by atomic mass is 79.9. The lowest BCUT2D eigenvalue weighted by Gasteiger charge is -2.14. The molecule has 0 radical (unpaired) electrons. The summed E-state index contributed by atoms with van der Waals surface area (Å²) in [7, 11) is 0. The molecule has 0 fully saturated rings. The minimum atomic E-state index is 0.608. The average molecular weight is 289 g/mol. The van der Waals surface area contributed by atoms with E-state index in [1.165, 1.54) is 17.5 Å². The Labute approximate surface area is 112 Å². The van der Waals surface area contributed by atoms with Gasteiger partial charge in [0.05, 0.1) is 0 Å². The van der Waals surface area contributed by atoms with E-state index in [4.69, 9.17) is 0 Å². The normalized spacial score (nSPS) is 12.3. The first-order chi connectivity index (χ1) is 8.40. The lowest BCUT2D eigenvalue weighted by molar-refractivity contribution is 0.692. The Bertz CT molecular complexity index is 422. The predicted octanol–water partition coefficient (Wildman–Crippen LogP) is 4.80. The van der Waals surface area contributed by atoms with Crippen molar-refractivity contribution in [1.29, 1.82) is 0 Å². The third-order valence-corrected chi connectivity index (χ3v) is 3.86. The van der Waals surface area contributed by atoms with Crippen molar-refractivity contribution in [3.05, 3.63) is 71.8 Å². The summed E-state index contributed by atoms with van der Waals surface area (Å²) in [6.45, 7) is 0. The third kappa shape index (κ3) is 3.71. The van der Waals surface area contributed by atoms with Crippen LogP contribution in [0, 0.1) is 0 Å². The summed E-state index contributed by atoms with van der Waals surface area (Å²) in [5.74, 6) is 0.608. The molecule has 0 heterocycles. The lowest BCUT2D eigenvalue weighted by Crippen LogP contribution is -2.02. The van der Waals surface area contributed by atoms with Crippen LogP contribution in [-0.4, -0.2) is 5.33 Å². The standard InChI is InChI=1S/C16H17Br/c17-13-16(15-9-5-2-6-10-15)12-11-14-7-3-1-4-8-14/h1-10,16H,11-13H2/t16-/m1/s1. The molecule has 0 saturated carbocycles. The monoisotopic (exact) mass is 288 g/mol. The fourth-order valence-corrected chi connectivity index (χ4v) is 2.74. The molecule has 0 aliphatic heterocycles. The van der Waals surface area contributed by atoms with Gasteiger partial charge in [0.1, 0.15) is 0 Å². The molecule has 0 saturated heterocycles. The molecular weight excluding hydrogens is 272 g/mol. The number of aryl methyl sites for hydroxylation is 1. The highest BCUT2D eigenvalue weighted by molar-refractivity contribution is 9.09. The summed E-state index contributed by atoms with van der Waals surface area (Å²) in [4.78, 5) is 0. The first kappa shape index (κ1) is 12.4. The van der Waals surface area contributed by atoms with E-state index in [0.717, 1.165) is 11.8 Å². The van der Waals surface area contributed by atoms with Gasteiger partial charge in [0, 0.05) is 5.33 Å². The van der Waals surface area contributed by atoms with Crippen molar-refractivity contribution in [2.24, 2.45) is 0 Å². The molecule has 1 heteroatoms. The Morgan fingerprint density at radius 2 is 1.41 bits per heavy atom. The average Bonchev–Trinajstić information content (AvgIpc) is 2.42. The zero-order valence-electron chi connectivity index (χ0n) is 9.85. The molecule has 2 aromatic rings. The lowest BCUT2D eigenvalue weighted by atomic mass is 9.94. The molecule has 0 aromatic heterocycles. The van der Waals surface area contributed by atoms with Crippen LogP contribution in [0.4, 0.5) is 0 Å². The van der Waals surface area contributed by atoms with Gasteiger partial charge >= 0.3 is 0 Å². The molecule has 0 unspecified atom stereocenters. The van der Waals surface area contributed by atoms with Gasteiger partial charge in [-0.2, -0.15) is 0 Å². The Kier molecular flexibility index (Phi) is 4.81. The maximum atomic E-state index is 3.63. The second kappa shape index (κ2) is 6.61. The molecule has 2 aromatic carbocycles. The third-order valence-electron chi connectivity index (χ3n) is 3.08.